The van der Waals surface area contributed by atoms with E-state index in [-0.39, 0.29) is 5.97 Å². The van der Waals surface area contributed by atoms with Gasteiger partial charge in [0.2, 0.25) is 0 Å². The first-order chi connectivity index (χ1) is 8.20. The fourth-order valence-corrected chi connectivity index (χ4v) is 2.11. The minimum absolute atomic E-state index is 0.338. The van der Waals surface area contributed by atoms with Crippen LogP contribution in [0.25, 0.3) is 0 Å². The van der Waals surface area contributed by atoms with Crippen molar-refractivity contribution < 1.29 is 14.3 Å². The molecule has 1 aromatic rings. The topological polar surface area (TPSA) is 47.6 Å². The lowest BCUT2D eigenvalue weighted by molar-refractivity contribution is -0.132. The maximum absolute atomic E-state index is 10.9. The Hall–Kier alpha value is -1.55. The summed E-state index contributed by atoms with van der Waals surface area (Å²) in [6, 6.07) is 6.08. The van der Waals surface area contributed by atoms with Crippen LogP contribution in [0.1, 0.15) is 31.4 Å². The van der Waals surface area contributed by atoms with Gasteiger partial charge < -0.3 is 14.8 Å². The molecule has 1 atom stereocenters. The Bertz CT molecular complexity index is 411. The van der Waals surface area contributed by atoms with Crippen LogP contribution < -0.4 is 14.8 Å². The van der Waals surface area contributed by atoms with Gasteiger partial charge in [0, 0.05) is 13.0 Å². The van der Waals surface area contributed by atoms with Crippen molar-refractivity contribution in [3.8, 4) is 11.5 Å². The second kappa shape index (κ2) is 5.19. The molecule has 1 fully saturated rings. The smallest absolute Gasteiger partial charge is 0.308 e. The summed E-state index contributed by atoms with van der Waals surface area (Å²) in [4.78, 5) is 10.9. The molecule has 0 unspecified atom stereocenters. The Morgan fingerprint density at radius 2 is 2.24 bits per heavy atom. The van der Waals surface area contributed by atoms with Gasteiger partial charge in [0.1, 0.15) is 0 Å². The molecule has 1 heterocycles. The van der Waals surface area contributed by atoms with E-state index in [1.165, 1.54) is 18.9 Å². The highest BCUT2D eigenvalue weighted by Gasteiger charge is 2.18. The molecule has 17 heavy (non-hydrogen) atoms. The molecule has 4 heteroatoms. The average Bonchev–Trinajstić information content (AvgIpc) is 2.82. The third-order valence-electron chi connectivity index (χ3n) is 2.90. The molecule has 4 nitrogen and oxygen atoms in total. The standard InChI is InChI=1S/C13H17NO3/c1-9(15)17-12-6-5-10(8-13(12)16-2)11-4-3-7-14-11/h5-6,8,11,14H,3-4,7H2,1-2H3/t11-/m1/s1. The van der Waals surface area contributed by atoms with Crippen LogP contribution in [0.4, 0.5) is 0 Å². The van der Waals surface area contributed by atoms with Crippen LogP contribution in [-0.4, -0.2) is 19.6 Å². The zero-order valence-electron chi connectivity index (χ0n) is 10.2. The summed E-state index contributed by atoms with van der Waals surface area (Å²) >= 11 is 0. The van der Waals surface area contributed by atoms with Crippen LogP contribution in [0.2, 0.25) is 0 Å². The van der Waals surface area contributed by atoms with Gasteiger partial charge in [-0.05, 0) is 37.1 Å². The predicted octanol–water partition coefficient (Wildman–Crippen LogP) is 2.04. The maximum atomic E-state index is 10.9. The third kappa shape index (κ3) is 2.77. The fraction of sp³-hybridized carbons (Fsp3) is 0.462. The van der Waals surface area contributed by atoms with E-state index in [0.717, 1.165) is 13.0 Å². The number of hydrogen-bond acceptors (Lipinski definition) is 4. The summed E-state index contributed by atoms with van der Waals surface area (Å²) < 4.78 is 10.3. The van der Waals surface area contributed by atoms with Crippen molar-refractivity contribution in [1.29, 1.82) is 0 Å². The van der Waals surface area contributed by atoms with E-state index in [1.807, 2.05) is 12.1 Å². The Morgan fingerprint density at radius 1 is 1.41 bits per heavy atom. The van der Waals surface area contributed by atoms with Crippen molar-refractivity contribution in [2.45, 2.75) is 25.8 Å². The number of carbonyl (C=O) groups excluding carboxylic acids is 1. The second-order valence-corrected chi connectivity index (χ2v) is 4.15. The molecular formula is C13H17NO3. The minimum Gasteiger partial charge on any atom is -0.493 e. The summed E-state index contributed by atoms with van der Waals surface area (Å²) in [5.74, 6) is 0.739. The molecule has 0 bridgehead atoms. The second-order valence-electron chi connectivity index (χ2n) is 4.15. The van der Waals surface area contributed by atoms with E-state index in [1.54, 1.807) is 13.2 Å². The molecule has 0 radical (unpaired) electrons. The van der Waals surface area contributed by atoms with Crippen molar-refractivity contribution in [3.63, 3.8) is 0 Å². The van der Waals surface area contributed by atoms with Gasteiger partial charge in [-0.15, -0.1) is 0 Å². The van der Waals surface area contributed by atoms with E-state index in [2.05, 4.69) is 5.32 Å². The molecule has 1 aromatic carbocycles. The normalized spacial score (nSPS) is 19.1. The van der Waals surface area contributed by atoms with Crippen LogP contribution in [0.3, 0.4) is 0 Å². The highest BCUT2D eigenvalue weighted by atomic mass is 16.6. The summed E-state index contributed by atoms with van der Waals surface area (Å²) in [6.07, 6.45) is 2.33. The molecule has 0 spiro atoms. The lowest BCUT2D eigenvalue weighted by Crippen LogP contribution is -2.13. The average molecular weight is 235 g/mol. The lowest BCUT2D eigenvalue weighted by atomic mass is 10.0. The maximum Gasteiger partial charge on any atom is 0.308 e. The summed E-state index contributed by atoms with van der Waals surface area (Å²) in [6.45, 7) is 2.44. The van der Waals surface area contributed by atoms with Crippen LogP contribution in [0.15, 0.2) is 18.2 Å². The first kappa shape index (κ1) is 11.9. The molecule has 92 valence electrons. The summed E-state index contributed by atoms with van der Waals surface area (Å²) in [5.41, 5.74) is 1.18. The van der Waals surface area contributed by atoms with Gasteiger partial charge in [-0.3, -0.25) is 4.79 Å². The molecular weight excluding hydrogens is 218 g/mol. The number of benzene rings is 1. The van der Waals surface area contributed by atoms with Crippen LogP contribution in [0.5, 0.6) is 11.5 Å². The first-order valence-corrected chi connectivity index (χ1v) is 5.80. The molecule has 0 amide bonds. The van der Waals surface area contributed by atoms with E-state index in [0.29, 0.717) is 17.5 Å². The van der Waals surface area contributed by atoms with Crippen LogP contribution >= 0.6 is 0 Å². The molecule has 0 saturated carbocycles. The first-order valence-electron chi connectivity index (χ1n) is 5.80. The molecule has 0 aromatic heterocycles. The zero-order valence-corrected chi connectivity index (χ0v) is 10.2. The molecule has 2 rings (SSSR count). The van der Waals surface area contributed by atoms with E-state index in [4.69, 9.17) is 9.47 Å². The summed E-state index contributed by atoms with van der Waals surface area (Å²) in [7, 11) is 1.58. The summed E-state index contributed by atoms with van der Waals surface area (Å²) in [5, 5.41) is 3.42. The number of hydrogen-bond donors (Lipinski definition) is 1. The molecule has 1 aliphatic heterocycles. The van der Waals surface area contributed by atoms with E-state index in [9.17, 15) is 4.79 Å². The number of carbonyl (C=O) groups is 1. The number of nitrogens with one attached hydrogen (secondary N) is 1. The Kier molecular flexibility index (Phi) is 3.64. The molecule has 0 aliphatic carbocycles. The quantitative estimate of drug-likeness (QED) is 0.643. The third-order valence-corrected chi connectivity index (χ3v) is 2.90. The zero-order chi connectivity index (χ0) is 12.3. The lowest BCUT2D eigenvalue weighted by Gasteiger charge is -2.14. The minimum atomic E-state index is -0.338. The van der Waals surface area contributed by atoms with Crippen LogP contribution in [0, 0.1) is 0 Å². The van der Waals surface area contributed by atoms with Crippen molar-refractivity contribution in [1.82, 2.24) is 5.32 Å². The Morgan fingerprint density at radius 3 is 2.82 bits per heavy atom. The van der Waals surface area contributed by atoms with E-state index >= 15 is 0 Å². The van der Waals surface area contributed by atoms with Crippen molar-refractivity contribution in [2.24, 2.45) is 0 Å². The predicted molar refractivity (Wildman–Crippen MR) is 64.3 cm³/mol. The Labute approximate surface area is 101 Å². The highest BCUT2D eigenvalue weighted by Crippen LogP contribution is 2.32. The van der Waals surface area contributed by atoms with Gasteiger partial charge in [0.25, 0.3) is 0 Å². The van der Waals surface area contributed by atoms with Gasteiger partial charge in [0.05, 0.1) is 7.11 Å². The van der Waals surface area contributed by atoms with Crippen molar-refractivity contribution in [3.05, 3.63) is 23.8 Å². The molecule has 1 aliphatic rings. The molecule has 1 N–H and O–H groups in total. The monoisotopic (exact) mass is 235 g/mol. The van der Waals surface area contributed by atoms with Gasteiger partial charge in [-0.1, -0.05) is 6.07 Å². The van der Waals surface area contributed by atoms with E-state index < -0.39 is 0 Å². The number of methoxy groups -OCH3 is 1. The molecule has 1 saturated heterocycles. The fourth-order valence-electron chi connectivity index (χ4n) is 2.11. The number of rotatable bonds is 3. The van der Waals surface area contributed by atoms with Gasteiger partial charge in [-0.2, -0.15) is 0 Å². The van der Waals surface area contributed by atoms with Crippen LogP contribution in [-0.2, 0) is 4.79 Å². The van der Waals surface area contributed by atoms with Gasteiger partial charge in [-0.25, -0.2) is 0 Å². The van der Waals surface area contributed by atoms with Crippen molar-refractivity contribution >= 4 is 5.97 Å². The Balaban J connectivity index is 2.23. The van der Waals surface area contributed by atoms with Gasteiger partial charge in [0.15, 0.2) is 11.5 Å². The van der Waals surface area contributed by atoms with Gasteiger partial charge >= 0.3 is 5.97 Å². The SMILES string of the molecule is COc1cc([C@H]2CCCN2)ccc1OC(C)=O. The van der Waals surface area contributed by atoms with Crippen molar-refractivity contribution in [2.75, 3.05) is 13.7 Å². The number of ether oxygens (including phenoxy) is 2. The number of esters is 1. The largest absolute Gasteiger partial charge is 0.493 e. The highest BCUT2D eigenvalue weighted by molar-refractivity contribution is 5.70.